The smallest absolute Gasteiger partial charge is 0.323 e. The summed E-state index contributed by atoms with van der Waals surface area (Å²) in [7, 11) is 0. The van der Waals surface area contributed by atoms with Gasteiger partial charge in [-0.2, -0.15) is 0 Å². The number of esters is 2. The highest BCUT2D eigenvalue weighted by Gasteiger charge is 2.49. The Kier molecular flexibility index (Phi) is 4.73. The van der Waals surface area contributed by atoms with E-state index in [-0.39, 0.29) is 13.2 Å². The summed E-state index contributed by atoms with van der Waals surface area (Å²) < 4.78 is 10.0. The van der Waals surface area contributed by atoms with Gasteiger partial charge in [-0.3, -0.25) is 9.59 Å². The summed E-state index contributed by atoms with van der Waals surface area (Å²) in [6, 6.07) is 0. The van der Waals surface area contributed by atoms with Crippen LogP contribution in [0.2, 0.25) is 0 Å². The minimum atomic E-state index is -1.10. The molecule has 0 N–H and O–H groups in total. The monoisotopic (exact) mass is 240 g/mol. The summed E-state index contributed by atoms with van der Waals surface area (Å²) in [5, 5.41) is 0. The van der Waals surface area contributed by atoms with Gasteiger partial charge in [0.15, 0.2) is 5.41 Å². The number of rotatable bonds is 4. The lowest BCUT2D eigenvalue weighted by Crippen LogP contribution is -2.43. The van der Waals surface area contributed by atoms with Crippen LogP contribution in [0.3, 0.4) is 0 Å². The first kappa shape index (κ1) is 13.7. The van der Waals surface area contributed by atoms with E-state index >= 15 is 0 Å². The molecular formula is C13H20O4. The zero-order valence-corrected chi connectivity index (χ0v) is 10.6. The van der Waals surface area contributed by atoms with E-state index in [1.807, 2.05) is 0 Å². The largest absolute Gasteiger partial charge is 0.465 e. The number of allylic oxidation sites excluding steroid dienone is 1. The number of carbonyl (C=O) groups excluding carboxylic acids is 2. The van der Waals surface area contributed by atoms with E-state index in [1.54, 1.807) is 13.8 Å². The van der Waals surface area contributed by atoms with Gasteiger partial charge in [-0.05, 0) is 39.5 Å². The maximum absolute atomic E-state index is 12.0. The number of carbonyl (C=O) groups is 2. The van der Waals surface area contributed by atoms with Crippen LogP contribution in [0.15, 0.2) is 12.2 Å². The highest BCUT2D eigenvalue weighted by Crippen LogP contribution is 2.40. The molecule has 0 bridgehead atoms. The van der Waals surface area contributed by atoms with Gasteiger partial charge in [0.25, 0.3) is 0 Å². The van der Waals surface area contributed by atoms with Gasteiger partial charge in [0.2, 0.25) is 0 Å². The summed E-state index contributed by atoms with van der Waals surface area (Å²) >= 11 is 0. The fourth-order valence-corrected chi connectivity index (χ4v) is 2.06. The first-order chi connectivity index (χ1) is 8.06. The van der Waals surface area contributed by atoms with Crippen LogP contribution in [0.5, 0.6) is 0 Å². The van der Waals surface area contributed by atoms with Crippen molar-refractivity contribution >= 4 is 11.9 Å². The van der Waals surface area contributed by atoms with Crippen LogP contribution in [-0.4, -0.2) is 25.2 Å². The van der Waals surface area contributed by atoms with Gasteiger partial charge in [-0.25, -0.2) is 0 Å². The molecule has 17 heavy (non-hydrogen) atoms. The number of ether oxygens (including phenoxy) is 2. The lowest BCUT2D eigenvalue weighted by atomic mass is 9.72. The minimum Gasteiger partial charge on any atom is -0.465 e. The van der Waals surface area contributed by atoms with Crippen molar-refractivity contribution in [3.8, 4) is 0 Å². The van der Waals surface area contributed by atoms with Crippen LogP contribution >= 0.6 is 0 Å². The molecule has 0 atom stereocenters. The van der Waals surface area contributed by atoms with Crippen molar-refractivity contribution in [2.24, 2.45) is 5.41 Å². The van der Waals surface area contributed by atoms with Gasteiger partial charge in [0.1, 0.15) is 0 Å². The Labute approximate surface area is 102 Å². The maximum atomic E-state index is 12.0. The molecule has 1 aliphatic rings. The van der Waals surface area contributed by atoms with Gasteiger partial charge in [0.05, 0.1) is 13.2 Å². The van der Waals surface area contributed by atoms with Crippen molar-refractivity contribution in [2.75, 3.05) is 13.2 Å². The molecule has 4 nitrogen and oxygen atoms in total. The van der Waals surface area contributed by atoms with Gasteiger partial charge in [0, 0.05) is 0 Å². The van der Waals surface area contributed by atoms with Crippen molar-refractivity contribution in [3.05, 3.63) is 12.2 Å². The Balaban J connectivity index is 2.88. The Hall–Kier alpha value is -1.32. The average Bonchev–Trinajstić information content (AvgIpc) is 2.31. The van der Waals surface area contributed by atoms with Gasteiger partial charge < -0.3 is 9.47 Å². The maximum Gasteiger partial charge on any atom is 0.323 e. The molecule has 0 radical (unpaired) electrons. The summed E-state index contributed by atoms with van der Waals surface area (Å²) in [5.41, 5.74) is -0.0260. The van der Waals surface area contributed by atoms with Crippen molar-refractivity contribution in [3.63, 3.8) is 0 Å². The third-order valence-electron chi connectivity index (χ3n) is 3.14. The van der Waals surface area contributed by atoms with E-state index in [0.29, 0.717) is 25.7 Å². The number of hydrogen-bond acceptors (Lipinski definition) is 4. The minimum absolute atomic E-state index is 0.279. The fraction of sp³-hybridized carbons (Fsp3) is 0.692. The van der Waals surface area contributed by atoms with Gasteiger partial charge >= 0.3 is 11.9 Å². The van der Waals surface area contributed by atoms with E-state index < -0.39 is 17.4 Å². The Bertz CT molecular complexity index is 289. The molecule has 0 saturated heterocycles. The standard InChI is InChI=1S/C13H20O4/c1-4-16-11(14)13(12(15)17-5-2)8-6-10(3)7-9-13/h3-9H2,1-2H3. The van der Waals surface area contributed by atoms with Crippen molar-refractivity contribution in [2.45, 2.75) is 39.5 Å². The number of hydrogen-bond donors (Lipinski definition) is 0. The molecular weight excluding hydrogens is 220 g/mol. The van der Waals surface area contributed by atoms with E-state index in [9.17, 15) is 9.59 Å². The van der Waals surface area contributed by atoms with Crippen molar-refractivity contribution < 1.29 is 19.1 Å². The second kappa shape index (κ2) is 5.84. The molecule has 0 aliphatic heterocycles. The van der Waals surface area contributed by atoms with Crippen molar-refractivity contribution in [1.29, 1.82) is 0 Å². The molecule has 0 spiro atoms. The second-order valence-corrected chi connectivity index (χ2v) is 4.27. The Morgan fingerprint density at radius 3 is 1.88 bits per heavy atom. The van der Waals surface area contributed by atoms with Crippen LogP contribution in [0, 0.1) is 5.41 Å². The Morgan fingerprint density at radius 2 is 1.53 bits per heavy atom. The molecule has 1 saturated carbocycles. The lowest BCUT2D eigenvalue weighted by Gasteiger charge is -2.33. The first-order valence-electron chi connectivity index (χ1n) is 6.08. The SMILES string of the molecule is C=C1CCC(C(=O)OCC)(C(=O)OCC)CC1. The average molecular weight is 240 g/mol. The summed E-state index contributed by atoms with van der Waals surface area (Å²) in [4.78, 5) is 24.0. The highest BCUT2D eigenvalue weighted by molar-refractivity contribution is 6.00. The van der Waals surface area contributed by atoms with Crippen LogP contribution < -0.4 is 0 Å². The Morgan fingerprint density at radius 1 is 1.12 bits per heavy atom. The highest BCUT2D eigenvalue weighted by atomic mass is 16.6. The summed E-state index contributed by atoms with van der Waals surface area (Å²) in [6.45, 7) is 7.91. The first-order valence-corrected chi connectivity index (χ1v) is 6.08. The topological polar surface area (TPSA) is 52.6 Å². The molecule has 0 amide bonds. The molecule has 0 aromatic carbocycles. The molecule has 0 heterocycles. The van der Waals surface area contributed by atoms with Gasteiger partial charge in [-0.1, -0.05) is 12.2 Å². The molecule has 96 valence electrons. The van der Waals surface area contributed by atoms with Crippen LogP contribution in [-0.2, 0) is 19.1 Å². The van der Waals surface area contributed by atoms with E-state index in [2.05, 4.69) is 6.58 Å². The zero-order chi connectivity index (χ0) is 12.9. The lowest BCUT2D eigenvalue weighted by molar-refractivity contribution is -0.174. The van der Waals surface area contributed by atoms with Crippen LogP contribution in [0.25, 0.3) is 0 Å². The van der Waals surface area contributed by atoms with E-state index in [4.69, 9.17) is 9.47 Å². The summed E-state index contributed by atoms with van der Waals surface area (Å²) in [5.74, 6) is -0.906. The van der Waals surface area contributed by atoms with Crippen LogP contribution in [0.1, 0.15) is 39.5 Å². The van der Waals surface area contributed by atoms with Crippen LogP contribution in [0.4, 0.5) is 0 Å². The third-order valence-corrected chi connectivity index (χ3v) is 3.14. The summed E-state index contributed by atoms with van der Waals surface area (Å²) in [6.07, 6.45) is 2.25. The zero-order valence-electron chi connectivity index (χ0n) is 10.6. The van der Waals surface area contributed by atoms with Crippen molar-refractivity contribution in [1.82, 2.24) is 0 Å². The molecule has 0 aromatic rings. The molecule has 1 rings (SSSR count). The van der Waals surface area contributed by atoms with Gasteiger partial charge in [-0.15, -0.1) is 0 Å². The molecule has 0 unspecified atom stereocenters. The molecule has 1 fully saturated rings. The second-order valence-electron chi connectivity index (χ2n) is 4.27. The van der Waals surface area contributed by atoms with E-state index in [1.165, 1.54) is 0 Å². The normalized spacial score (nSPS) is 18.6. The van der Waals surface area contributed by atoms with E-state index in [0.717, 1.165) is 5.57 Å². The molecule has 1 aliphatic carbocycles. The quantitative estimate of drug-likeness (QED) is 0.429. The molecule has 0 aromatic heterocycles. The predicted molar refractivity (Wildman–Crippen MR) is 63.3 cm³/mol. The third kappa shape index (κ3) is 2.87. The fourth-order valence-electron chi connectivity index (χ4n) is 2.06. The predicted octanol–water partition coefficient (Wildman–Crippen LogP) is 2.23. The molecule has 4 heteroatoms.